The number of Topliss-reactive ketones (excluding diaryl/α,β-unsaturated/α-hetero) is 1. The molecule has 0 spiro atoms. The first-order valence-electron chi connectivity index (χ1n) is 5.49. The van der Waals surface area contributed by atoms with E-state index >= 15 is 0 Å². The fourth-order valence-electron chi connectivity index (χ4n) is 2.00. The first kappa shape index (κ1) is 11.5. The standard InChI is InChI=1S/C13H13NO3/c1-8-7-12(16)14(13(8)17)11-6-4-3-5-10(11)9(2)15/h3-6,8H,7H2,1-2H3/t8-/m0/s1. The number of amides is 2. The average molecular weight is 231 g/mol. The van der Waals surface area contributed by atoms with Crippen molar-refractivity contribution >= 4 is 23.3 Å². The number of anilines is 1. The first-order chi connectivity index (χ1) is 8.02. The third-order valence-electron chi connectivity index (χ3n) is 2.90. The summed E-state index contributed by atoms with van der Waals surface area (Å²) in [6, 6.07) is 6.69. The minimum atomic E-state index is -0.303. The molecule has 1 fully saturated rings. The molecule has 1 heterocycles. The van der Waals surface area contributed by atoms with Gasteiger partial charge in [0.05, 0.1) is 5.69 Å². The first-order valence-corrected chi connectivity index (χ1v) is 5.49. The molecule has 17 heavy (non-hydrogen) atoms. The Morgan fingerprint density at radius 2 is 1.94 bits per heavy atom. The van der Waals surface area contributed by atoms with Gasteiger partial charge in [-0.05, 0) is 19.1 Å². The van der Waals surface area contributed by atoms with E-state index in [0.717, 1.165) is 4.90 Å². The zero-order chi connectivity index (χ0) is 12.6. The fraction of sp³-hybridized carbons (Fsp3) is 0.308. The van der Waals surface area contributed by atoms with E-state index in [-0.39, 0.29) is 29.9 Å². The summed E-state index contributed by atoms with van der Waals surface area (Å²) in [6.45, 7) is 3.14. The molecule has 0 aliphatic carbocycles. The topological polar surface area (TPSA) is 54.5 Å². The average Bonchev–Trinajstić information content (AvgIpc) is 2.53. The maximum atomic E-state index is 11.9. The summed E-state index contributed by atoms with van der Waals surface area (Å²) in [7, 11) is 0. The van der Waals surface area contributed by atoms with Gasteiger partial charge in [0.2, 0.25) is 11.8 Å². The van der Waals surface area contributed by atoms with E-state index in [4.69, 9.17) is 0 Å². The number of nitrogens with zero attached hydrogens (tertiary/aromatic N) is 1. The number of para-hydroxylation sites is 1. The van der Waals surface area contributed by atoms with E-state index in [0.29, 0.717) is 11.3 Å². The molecule has 0 N–H and O–H groups in total. The number of carbonyl (C=O) groups excluding carboxylic acids is 3. The summed E-state index contributed by atoms with van der Waals surface area (Å²) in [5, 5.41) is 0. The van der Waals surface area contributed by atoms with Crippen molar-refractivity contribution in [2.75, 3.05) is 4.90 Å². The molecule has 1 aliphatic heterocycles. The molecule has 2 rings (SSSR count). The number of ketones is 1. The second-order valence-electron chi connectivity index (χ2n) is 4.25. The van der Waals surface area contributed by atoms with Gasteiger partial charge in [-0.25, -0.2) is 4.90 Å². The van der Waals surface area contributed by atoms with Gasteiger partial charge in [0.1, 0.15) is 0 Å². The molecular weight excluding hydrogens is 218 g/mol. The predicted molar refractivity (Wildman–Crippen MR) is 62.7 cm³/mol. The van der Waals surface area contributed by atoms with Crippen LogP contribution in [0.25, 0.3) is 0 Å². The van der Waals surface area contributed by atoms with Gasteiger partial charge in [0.25, 0.3) is 0 Å². The molecule has 1 aliphatic rings. The molecule has 2 amide bonds. The molecule has 1 saturated heterocycles. The molecule has 0 radical (unpaired) electrons. The maximum Gasteiger partial charge on any atom is 0.237 e. The van der Waals surface area contributed by atoms with Crippen LogP contribution in [0.1, 0.15) is 30.6 Å². The molecule has 0 aromatic heterocycles. The van der Waals surface area contributed by atoms with Crippen molar-refractivity contribution in [1.29, 1.82) is 0 Å². The van der Waals surface area contributed by atoms with Crippen molar-refractivity contribution in [3.63, 3.8) is 0 Å². The fourth-order valence-corrected chi connectivity index (χ4v) is 2.00. The van der Waals surface area contributed by atoms with Gasteiger partial charge in [0, 0.05) is 17.9 Å². The zero-order valence-electron chi connectivity index (χ0n) is 9.77. The normalized spacial score (nSPS) is 19.9. The largest absolute Gasteiger partial charge is 0.294 e. The third kappa shape index (κ3) is 1.86. The van der Waals surface area contributed by atoms with Gasteiger partial charge in [-0.2, -0.15) is 0 Å². The van der Waals surface area contributed by atoms with Gasteiger partial charge >= 0.3 is 0 Å². The van der Waals surface area contributed by atoms with E-state index in [1.807, 2.05) is 0 Å². The summed E-state index contributed by atoms with van der Waals surface area (Å²) in [5.74, 6) is -0.928. The van der Waals surface area contributed by atoms with Crippen LogP contribution in [0.3, 0.4) is 0 Å². The van der Waals surface area contributed by atoms with E-state index < -0.39 is 0 Å². The molecule has 0 unspecified atom stereocenters. The van der Waals surface area contributed by atoms with Crippen LogP contribution in [0.2, 0.25) is 0 Å². The lowest BCUT2D eigenvalue weighted by Gasteiger charge is -2.17. The molecule has 4 nitrogen and oxygen atoms in total. The van der Waals surface area contributed by atoms with E-state index in [1.165, 1.54) is 6.92 Å². The van der Waals surface area contributed by atoms with Crippen molar-refractivity contribution < 1.29 is 14.4 Å². The highest BCUT2D eigenvalue weighted by Crippen LogP contribution is 2.29. The molecule has 1 aromatic rings. The smallest absolute Gasteiger partial charge is 0.237 e. The highest BCUT2D eigenvalue weighted by molar-refractivity contribution is 6.23. The lowest BCUT2D eigenvalue weighted by Crippen LogP contribution is -2.31. The number of imide groups is 1. The van der Waals surface area contributed by atoms with E-state index in [1.54, 1.807) is 31.2 Å². The van der Waals surface area contributed by atoms with Crippen LogP contribution in [0.5, 0.6) is 0 Å². The van der Waals surface area contributed by atoms with Gasteiger partial charge in [-0.15, -0.1) is 0 Å². The van der Waals surface area contributed by atoms with E-state index in [2.05, 4.69) is 0 Å². The maximum absolute atomic E-state index is 11.9. The predicted octanol–water partition coefficient (Wildman–Crippen LogP) is 1.79. The van der Waals surface area contributed by atoms with Gasteiger partial charge in [-0.3, -0.25) is 14.4 Å². The SMILES string of the molecule is CC(=O)c1ccccc1N1C(=O)C[C@H](C)C1=O. The Balaban J connectivity index is 2.51. The molecule has 0 bridgehead atoms. The Morgan fingerprint density at radius 1 is 1.29 bits per heavy atom. The summed E-state index contributed by atoms with van der Waals surface area (Å²) in [6.07, 6.45) is 0.213. The summed E-state index contributed by atoms with van der Waals surface area (Å²) in [4.78, 5) is 36.2. The number of benzene rings is 1. The Bertz CT molecular complexity index is 507. The van der Waals surface area contributed by atoms with Crippen LogP contribution in [-0.2, 0) is 9.59 Å². The number of hydrogen-bond acceptors (Lipinski definition) is 3. The van der Waals surface area contributed by atoms with Crippen molar-refractivity contribution in [3.05, 3.63) is 29.8 Å². The minimum Gasteiger partial charge on any atom is -0.294 e. The second-order valence-corrected chi connectivity index (χ2v) is 4.25. The van der Waals surface area contributed by atoms with Crippen LogP contribution in [0.15, 0.2) is 24.3 Å². The summed E-state index contributed by atoms with van der Waals surface area (Å²) < 4.78 is 0. The number of hydrogen-bond donors (Lipinski definition) is 0. The molecular formula is C13H13NO3. The van der Waals surface area contributed by atoms with Crippen LogP contribution < -0.4 is 4.90 Å². The summed E-state index contributed by atoms with van der Waals surface area (Å²) in [5.41, 5.74) is 0.808. The second kappa shape index (κ2) is 4.13. The Hall–Kier alpha value is -1.97. The van der Waals surface area contributed by atoms with Crippen LogP contribution >= 0.6 is 0 Å². The van der Waals surface area contributed by atoms with Crippen molar-refractivity contribution in [2.24, 2.45) is 5.92 Å². The monoisotopic (exact) mass is 231 g/mol. The molecule has 1 aromatic carbocycles. The van der Waals surface area contributed by atoms with Crippen molar-refractivity contribution in [1.82, 2.24) is 0 Å². The Morgan fingerprint density at radius 3 is 2.47 bits per heavy atom. The zero-order valence-corrected chi connectivity index (χ0v) is 9.77. The van der Waals surface area contributed by atoms with Crippen LogP contribution in [-0.4, -0.2) is 17.6 Å². The Labute approximate surface area is 99.2 Å². The van der Waals surface area contributed by atoms with Crippen LogP contribution in [0.4, 0.5) is 5.69 Å². The minimum absolute atomic E-state index is 0.152. The number of rotatable bonds is 2. The highest BCUT2D eigenvalue weighted by atomic mass is 16.2. The third-order valence-corrected chi connectivity index (χ3v) is 2.90. The highest BCUT2D eigenvalue weighted by Gasteiger charge is 2.37. The van der Waals surface area contributed by atoms with Crippen molar-refractivity contribution in [3.8, 4) is 0 Å². The quantitative estimate of drug-likeness (QED) is 0.576. The van der Waals surface area contributed by atoms with Crippen molar-refractivity contribution in [2.45, 2.75) is 20.3 Å². The lowest BCUT2D eigenvalue weighted by atomic mass is 10.1. The Kier molecular flexibility index (Phi) is 2.79. The molecule has 0 saturated carbocycles. The molecule has 4 heteroatoms. The lowest BCUT2D eigenvalue weighted by molar-refractivity contribution is -0.122. The van der Waals surface area contributed by atoms with Gasteiger partial charge in [-0.1, -0.05) is 19.1 Å². The van der Waals surface area contributed by atoms with Gasteiger partial charge < -0.3 is 0 Å². The van der Waals surface area contributed by atoms with Gasteiger partial charge in [0.15, 0.2) is 5.78 Å². The van der Waals surface area contributed by atoms with E-state index in [9.17, 15) is 14.4 Å². The number of carbonyl (C=O) groups is 3. The molecule has 88 valence electrons. The summed E-state index contributed by atoms with van der Waals surface area (Å²) >= 11 is 0. The molecule has 1 atom stereocenters. The van der Waals surface area contributed by atoms with Crippen LogP contribution in [0, 0.1) is 5.92 Å².